The fourth-order valence-electron chi connectivity index (χ4n) is 0.696. The number of nitrogens with zero attached hydrogens (tertiary/aromatic N) is 1. The summed E-state index contributed by atoms with van der Waals surface area (Å²) in [6, 6.07) is 0.616. The Balaban J connectivity index is 3.04. The second-order valence-corrected chi connectivity index (χ2v) is 2.30. The fourth-order valence-corrected chi connectivity index (χ4v) is 0.696. The normalized spacial score (nSPS) is 11.4. The van der Waals surface area contributed by atoms with E-state index in [-0.39, 0.29) is 5.69 Å². The van der Waals surface area contributed by atoms with Crippen molar-refractivity contribution in [2.24, 2.45) is 0 Å². The maximum atomic E-state index is 12.7. The van der Waals surface area contributed by atoms with Gasteiger partial charge in [-0.25, -0.2) is 0 Å². The van der Waals surface area contributed by atoms with Gasteiger partial charge in [-0.15, -0.1) is 13.2 Å². The molecule has 0 radical (unpaired) electrons. The van der Waals surface area contributed by atoms with Crippen LogP contribution in [0.5, 0.6) is 5.75 Å². The van der Waals surface area contributed by atoms with Crippen molar-refractivity contribution in [2.45, 2.75) is 6.36 Å². The first-order chi connectivity index (χ1) is 6.29. The number of halogens is 4. The molecule has 0 saturated carbocycles. The highest BCUT2D eigenvalue weighted by atomic mass is 19.4. The molecule has 1 aromatic rings. The lowest BCUT2D eigenvalue weighted by molar-refractivity contribution is -0.275. The molecule has 0 atom stereocenters. The van der Waals surface area contributed by atoms with Crippen molar-refractivity contribution in [1.82, 2.24) is 4.98 Å². The largest absolute Gasteiger partial charge is 0.573 e. The van der Waals surface area contributed by atoms with E-state index in [4.69, 9.17) is 11.5 Å². The second kappa shape index (κ2) is 3.20. The average Bonchev–Trinajstić information content (AvgIpc) is 1.97. The van der Waals surface area contributed by atoms with Gasteiger partial charge in [0.25, 0.3) is 5.95 Å². The third kappa shape index (κ3) is 2.38. The first kappa shape index (κ1) is 10.4. The molecule has 78 valence electrons. The summed E-state index contributed by atoms with van der Waals surface area (Å²) in [7, 11) is 0. The first-order valence-electron chi connectivity index (χ1n) is 3.27. The Morgan fingerprint density at radius 2 is 1.86 bits per heavy atom. The van der Waals surface area contributed by atoms with Crippen molar-refractivity contribution in [1.29, 1.82) is 0 Å². The molecule has 1 heterocycles. The van der Waals surface area contributed by atoms with Gasteiger partial charge in [0, 0.05) is 6.07 Å². The van der Waals surface area contributed by atoms with Crippen LogP contribution in [-0.2, 0) is 0 Å². The highest BCUT2D eigenvalue weighted by Crippen LogP contribution is 2.28. The summed E-state index contributed by atoms with van der Waals surface area (Å²) in [4.78, 5) is 2.92. The summed E-state index contributed by atoms with van der Waals surface area (Å²) >= 11 is 0. The number of anilines is 2. The van der Waals surface area contributed by atoms with Gasteiger partial charge < -0.3 is 16.2 Å². The smallest absolute Gasteiger partial charge is 0.401 e. The summed E-state index contributed by atoms with van der Waals surface area (Å²) < 4.78 is 51.0. The average molecular weight is 211 g/mol. The van der Waals surface area contributed by atoms with Crippen LogP contribution in [-0.4, -0.2) is 11.3 Å². The van der Waals surface area contributed by atoms with Gasteiger partial charge in [0.15, 0.2) is 5.75 Å². The number of hydrogen-bond donors (Lipinski definition) is 2. The van der Waals surface area contributed by atoms with Gasteiger partial charge in [-0.3, -0.25) is 0 Å². The number of nitrogen functional groups attached to an aromatic ring is 2. The number of nitrogens with two attached hydrogens (primary N) is 2. The highest BCUT2D eigenvalue weighted by molar-refractivity contribution is 5.60. The standard InChI is InChI=1S/C6H5F4N3O/c7-4-3(14-6(8,9)10)1-2(11)5(12)13-4/h1H,11H2,(H2,12,13). The Morgan fingerprint density at radius 1 is 1.29 bits per heavy atom. The molecule has 8 heteroatoms. The fraction of sp³-hybridized carbons (Fsp3) is 0.167. The van der Waals surface area contributed by atoms with Gasteiger partial charge in [0.05, 0.1) is 5.69 Å². The van der Waals surface area contributed by atoms with Crippen molar-refractivity contribution < 1.29 is 22.3 Å². The Kier molecular flexibility index (Phi) is 2.37. The van der Waals surface area contributed by atoms with Crippen LogP contribution in [0.3, 0.4) is 0 Å². The summed E-state index contributed by atoms with van der Waals surface area (Å²) in [5, 5.41) is 0. The van der Waals surface area contributed by atoms with Crippen molar-refractivity contribution in [3.63, 3.8) is 0 Å². The molecule has 0 bridgehead atoms. The Hall–Kier alpha value is -1.73. The number of alkyl halides is 3. The molecule has 0 saturated heterocycles. The summed E-state index contributed by atoms with van der Waals surface area (Å²) in [6.45, 7) is 0. The number of ether oxygens (including phenoxy) is 1. The molecule has 0 spiro atoms. The zero-order valence-electron chi connectivity index (χ0n) is 6.60. The van der Waals surface area contributed by atoms with E-state index in [9.17, 15) is 17.6 Å². The van der Waals surface area contributed by atoms with Crippen LogP contribution in [0.15, 0.2) is 6.07 Å². The van der Waals surface area contributed by atoms with Gasteiger partial charge in [-0.1, -0.05) is 0 Å². The predicted molar refractivity (Wildman–Crippen MR) is 39.7 cm³/mol. The molecule has 0 amide bonds. The minimum Gasteiger partial charge on any atom is -0.401 e. The van der Waals surface area contributed by atoms with E-state index in [0.717, 1.165) is 0 Å². The summed E-state index contributed by atoms with van der Waals surface area (Å²) in [5.74, 6) is -2.96. The van der Waals surface area contributed by atoms with Gasteiger partial charge in [0.2, 0.25) is 0 Å². The molecule has 0 unspecified atom stereocenters. The SMILES string of the molecule is Nc1cc(OC(F)(F)F)c(F)nc1N. The molecule has 0 aliphatic carbocycles. The van der Waals surface area contributed by atoms with Crippen LogP contribution in [0.1, 0.15) is 0 Å². The van der Waals surface area contributed by atoms with Gasteiger partial charge in [0.1, 0.15) is 5.82 Å². The first-order valence-corrected chi connectivity index (χ1v) is 3.27. The van der Waals surface area contributed by atoms with Crippen LogP contribution in [0.2, 0.25) is 0 Å². The minimum absolute atomic E-state index is 0.286. The molecule has 14 heavy (non-hydrogen) atoms. The number of rotatable bonds is 1. The summed E-state index contributed by atoms with van der Waals surface area (Å²) in [6.07, 6.45) is -4.99. The lowest BCUT2D eigenvalue weighted by Crippen LogP contribution is -2.18. The monoisotopic (exact) mass is 211 g/mol. The van der Waals surface area contributed by atoms with Gasteiger partial charge >= 0.3 is 6.36 Å². The van der Waals surface area contributed by atoms with E-state index in [2.05, 4.69) is 9.72 Å². The predicted octanol–water partition coefficient (Wildman–Crippen LogP) is 1.28. The topological polar surface area (TPSA) is 74.2 Å². The molecular formula is C6H5F4N3O. The van der Waals surface area contributed by atoms with E-state index in [1.165, 1.54) is 0 Å². The maximum absolute atomic E-state index is 12.7. The lowest BCUT2D eigenvalue weighted by Gasteiger charge is -2.10. The van der Waals surface area contributed by atoms with Crippen LogP contribution in [0.4, 0.5) is 29.1 Å². The number of hydrogen-bond acceptors (Lipinski definition) is 4. The maximum Gasteiger partial charge on any atom is 0.573 e. The van der Waals surface area contributed by atoms with Crippen LogP contribution >= 0.6 is 0 Å². The van der Waals surface area contributed by atoms with E-state index in [0.29, 0.717) is 6.07 Å². The zero-order valence-corrected chi connectivity index (χ0v) is 6.60. The molecule has 1 aromatic heterocycles. The quantitative estimate of drug-likeness (QED) is 0.542. The molecule has 0 aliphatic heterocycles. The molecule has 0 fully saturated rings. The van der Waals surface area contributed by atoms with Crippen molar-refractivity contribution in [3.8, 4) is 5.75 Å². The van der Waals surface area contributed by atoms with Crippen molar-refractivity contribution >= 4 is 11.5 Å². The van der Waals surface area contributed by atoms with Crippen LogP contribution in [0.25, 0.3) is 0 Å². The molecule has 4 nitrogen and oxygen atoms in total. The Labute approximate surface area is 75.5 Å². The zero-order chi connectivity index (χ0) is 10.9. The third-order valence-electron chi connectivity index (χ3n) is 1.23. The van der Waals surface area contributed by atoms with Crippen LogP contribution < -0.4 is 16.2 Å². The number of pyridine rings is 1. The molecular weight excluding hydrogens is 206 g/mol. The van der Waals surface area contributed by atoms with Crippen molar-refractivity contribution in [3.05, 3.63) is 12.0 Å². The number of aromatic nitrogens is 1. The minimum atomic E-state index is -4.99. The summed E-state index contributed by atoms with van der Waals surface area (Å²) in [5.41, 5.74) is 9.86. The van der Waals surface area contributed by atoms with Crippen LogP contribution in [0, 0.1) is 5.95 Å². The van der Waals surface area contributed by atoms with Gasteiger partial charge in [-0.05, 0) is 0 Å². The Morgan fingerprint density at radius 3 is 2.36 bits per heavy atom. The highest BCUT2D eigenvalue weighted by Gasteiger charge is 2.33. The molecule has 0 aromatic carbocycles. The Bertz CT molecular complexity index is 352. The molecule has 4 N–H and O–H groups in total. The molecule has 0 aliphatic rings. The second-order valence-electron chi connectivity index (χ2n) is 2.30. The van der Waals surface area contributed by atoms with E-state index >= 15 is 0 Å². The van der Waals surface area contributed by atoms with E-state index in [1.807, 2.05) is 0 Å². The van der Waals surface area contributed by atoms with Gasteiger partial charge in [-0.2, -0.15) is 9.37 Å². The third-order valence-corrected chi connectivity index (χ3v) is 1.23. The lowest BCUT2D eigenvalue weighted by atomic mass is 10.4. The van der Waals surface area contributed by atoms with E-state index in [1.54, 1.807) is 0 Å². The van der Waals surface area contributed by atoms with E-state index < -0.39 is 23.9 Å². The van der Waals surface area contributed by atoms with Crippen molar-refractivity contribution in [2.75, 3.05) is 11.5 Å². The molecule has 1 rings (SSSR count).